The van der Waals surface area contributed by atoms with Crippen molar-refractivity contribution in [3.8, 4) is 0 Å². The first-order chi connectivity index (χ1) is 24.0. The summed E-state index contributed by atoms with van der Waals surface area (Å²) in [5.41, 5.74) is 0. The quantitative estimate of drug-likeness (QED) is 0.0393. The van der Waals surface area contributed by atoms with Crippen molar-refractivity contribution in [1.29, 1.82) is 0 Å². The second-order valence-electron chi connectivity index (χ2n) is 14.8. The summed E-state index contributed by atoms with van der Waals surface area (Å²) in [5.74, 6) is -0.862. The third-order valence-corrected chi connectivity index (χ3v) is 10.3. The third kappa shape index (κ3) is 26.3. The standard InChI is InChI=1S/C42H81NO6/c1-4-7-10-13-16-17-18-19-20-23-29-38(43-34-28-30-39(43)42(45)46)33-37-47-40(44)31-24-25-32-41(48-35-26-21-14-11-8-5-2)49-36-27-22-15-12-9-6-3/h38-39,41H,4-37H2,1-3H3,(H,45,46). The van der Waals surface area contributed by atoms with Crippen LogP contribution < -0.4 is 0 Å². The van der Waals surface area contributed by atoms with Gasteiger partial charge < -0.3 is 19.3 Å². The molecule has 1 aliphatic rings. The molecule has 0 radical (unpaired) electrons. The molecule has 1 fully saturated rings. The number of esters is 1. The molecule has 2 unspecified atom stereocenters. The van der Waals surface area contributed by atoms with Gasteiger partial charge in [-0.05, 0) is 64.3 Å². The lowest BCUT2D eigenvalue weighted by Crippen LogP contribution is -2.43. The molecule has 0 saturated carbocycles. The van der Waals surface area contributed by atoms with E-state index in [9.17, 15) is 14.7 Å². The summed E-state index contributed by atoms with van der Waals surface area (Å²) in [7, 11) is 0. The number of hydrogen-bond donors (Lipinski definition) is 1. The van der Waals surface area contributed by atoms with Gasteiger partial charge in [-0.15, -0.1) is 0 Å². The molecule has 49 heavy (non-hydrogen) atoms. The highest BCUT2D eigenvalue weighted by Crippen LogP contribution is 2.26. The van der Waals surface area contributed by atoms with Crippen LogP contribution in [0.3, 0.4) is 0 Å². The second kappa shape index (κ2) is 33.9. The Morgan fingerprint density at radius 1 is 0.592 bits per heavy atom. The summed E-state index contributed by atoms with van der Waals surface area (Å²) < 4.78 is 18.0. The van der Waals surface area contributed by atoms with Gasteiger partial charge in [-0.25, -0.2) is 0 Å². The molecular weight excluding hydrogens is 614 g/mol. The lowest BCUT2D eigenvalue weighted by Gasteiger charge is -2.31. The number of hydrogen-bond acceptors (Lipinski definition) is 6. The zero-order valence-electron chi connectivity index (χ0n) is 32.7. The van der Waals surface area contributed by atoms with Crippen LogP contribution in [-0.2, 0) is 23.8 Å². The predicted molar refractivity (Wildman–Crippen MR) is 204 cm³/mol. The maximum absolute atomic E-state index is 12.7. The Hall–Kier alpha value is -1.18. The number of nitrogens with zero attached hydrogens (tertiary/aromatic N) is 1. The molecule has 2 atom stereocenters. The third-order valence-electron chi connectivity index (χ3n) is 10.3. The van der Waals surface area contributed by atoms with Crippen molar-refractivity contribution in [2.45, 2.75) is 232 Å². The first kappa shape index (κ1) is 45.8. The largest absolute Gasteiger partial charge is 0.480 e. The van der Waals surface area contributed by atoms with Crippen LogP contribution in [0.1, 0.15) is 213 Å². The summed E-state index contributed by atoms with van der Waals surface area (Å²) in [4.78, 5) is 26.8. The normalized spacial score (nSPS) is 15.7. The zero-order valence-corrected chi connectivity index (χ0v) is 32.7. The number of unbranched alkanes of at least 4 members (excludes halogenated alkanes) is 20. The number of carboxylic acid groups (broad SMARTS) is 1. The molecule has 7 heteroatoms. The van der Waals surface area contributed by atoms with Gasteiger partial charge in [0.2, 0.25) is 0 Å². The first-order valence-corrected chi connectivity index (χ1v) is 21.4. The molecule has 0 aromatic rings. The number of ether oxygens (including phenoxy) is 3. The molecule has 7 nitrogen and oxygen atoms in total. The molecule has 1 N–H and O–H groups in total. The van der Waals surface area contributed by atoms with Crippen LogP contribution in [0.25, 0.3) is 0 Å². The van der Waals surface area contributed by atoms with Crippen molar-refractivity contribution in [2.75, 3.05) is 26.4 Å². The second-order valence-corrected chi connectivity index (χ2v) is 14.8. The van der Waals surface area contributed by atoms with Gasteiger partial charge in [-0.2, -0.15) is 0 Å². The van der Waals surface area contributed by atoms with Crippen LogP contribution >= 0.6 is 0 Å². The Kier molecular flexibility index (Phi) is 31.7. The molecule has 1 aliphatic heterocycles. The van der Waals surface area contributed by atoms with E-state index in [0.29, 0.717) is 19.4 Å². The van der Waals surface area contributed by atoms with Gasteiger partial charge in [-0.3, -0.25) is 14.5 Å². The van der Waals surface area contributed by atoms with Crippen LogP contribution in [0.2, 0.25) is 0 Å². The SMILES string of the molecule is CCCCCCCCCCCCC(CCOC(=O)CCCCC(OCCCCCCCC)OCCCCCCCC)N1CCCC1C(=O)O. The lowest BCUT2D eigenvalue weighted by atomic mass is 10.0. The van der Waals surface area contributed by atoms with Crippen LogP contribution in [-0.4, -0.2) is 66.7 Å². The van der Waals surface area contributed by atoms with Gasteiger partial charge in [0, 0.05) is 25.7 Å². The van der Waals surface area contributed by atoms with Gasteiger partial charge in [-0.1, -0.05) is 149 Å². The van der Waals surface area contributed by atoms with E-state index in [2.05, 4.69) is 25.7 Å². The van der Waals surface area contributed by atoms with Crippen molar-refractivity contribution < 1.29 is 28.9 Å². The fourth-order valence-electron chi connectivity index (χ4n) is 7.21. The summed E-state index contributed by atoms with van der Waals surface area (Å²) in [5, 5.41) is 9.81. The van der Waals surface area contributed by atoms with E-state index >= 15 is 0 Å². The molecule has 1 rings (SSSR count). The topological polar surface area (TPSA) is 85.3 Å². The Labute approximate surface area is 303 Å². The molecule has 0 amide bonds. The van der Waals surface area contributed by atoms with Crippen LogP contribution in [0.5, 0.6) is 0 Å². The molecule has 0 spiro atoms. The van der Waals surface area contributed by atoms with Gasteiger partial charge in [0.1, 0.15) is 6.04 Å². The summed E-state index contributed by atoms with van der Waals surface area (Å²) >= 11 is 0. The van der Waals surface area contributed by atoms with Gasteiger partial charge in [0.15, 0.2) is 6.29 Å². The molecular formula is C42H81NO6. The number of carboxylic acids is 1. The summed E-state index contributed by atoms with van der Waals surface area (Å²) in [6.45, 7) is 9.45. The fourth-order valence-corrected chi connectivity index (χ4v) is 7.21. The van der Waals surface area contributed by atoms with E-state index in [1.807, 2.05) is 0 Å². The lowest BCUT2D eigenvalue weighted by molar-refractivity contribution is -0.150. The van der Waals surface area contributed by atoms with E-state index in [0.717, 1.165) is 77.5 Å². The van der Waals surface area contributed by atoms with Crippen LogP contribution in [0.15, 0.2) is 0 Å². The molecule has 290 valence electrons. The number of carbonyl (C=O) groups is 2. The number of aliphatic carboxylic acids is 1. The molecule has 1 heterocycles. The maximum Gasteiger partial charge on any atom is 0.320 e. The van der Waals surface area contributed by atoms with Gasteiger partial charge >= 0.3 is 11.9 Å². The highest BCUT2D eigenvalue weighted by molar-refractivity contribution is 5.73. The number of likely N-dealkylation sites (tertiary alicyclic amines) is 1. The highest BCUT2D eigenvalue weighted by Gasteiger charge is 2.35. The van der Waals surface area contributed by atoms with E-state index in [4.69, 9.17) is 14.2 Å². The van der Waals surface area contributed by atoms with Crippen LogP contribution in [0.4, 0.5) is 0 Å². The molecule has 0 aliphatic carbocycles. The number of carbonyl (C=O) groups excluding carboxylic acids is 1. The average Bonchev–Trinajstić information content (AvgIpc) is 3.59. The zero-order chi connectivity index (χ0) is 35.6. The highest BCUT2D eigenvalue weighted by atomic mass is 16.7. The van der Waals surface area contributed by atoms with Crippen molar-refractivity contribution in [3.63, 3.8) is 0 Å². The molecule has 0 bridgehead atoms. The molecule has 0 aromatic heterocycles. The summed E-state index contributed by atoms with van der Waals surface area (Å²) in [6.07, 6.45) is 33.9. The smallest absolute Gasteiger partial charge is 0.320 e. The van der Waals surface area contributed by atoms with E-state index in [1.165, 1.54) is 122 Å². The van der Waals surface area contributed by atoms with Gasteiger partial charge in [0.25, 0.3) is 0 Å². The number of rotatable bonds is 37. The minimum Gasteiger partial charge on any atom is -0.480 e. The Bertz CT molecular complexity index is 731. The first-order valence-electron chi connectivity index (χ1n) is 21.4. The minimum atomic E-state index is -0.715. The van der Waals surface area contributed by atoms with Crippen molar-refractivity contribution in [2.24, 2.45) is 0 Å². The van der Waals surface area contributed by atoms with E-state index < -0.39 is 12.0 Å². The predicted octanol–water partition coefficient (Wildman–Crippen LogP) is 11.8. The average molecular weight is 696 g/mol. The molecule has 0 aromatic carbocycles. The Balaban J connectivity index is 2.37. The van der Waals surface area contributed by atoms with Crippen LogP contribution in [0, 0.1) is 0 Å². The monoisotopic (exact) mass is 696 g/mol. The van der Waals surface area contributed by atoms with E-state index in [-0.39, 0.29) is 18.3 Å². The van der Waals surface area contributed by atoms with Crippen molar-refractivity contribution in [3.05, 3.63) is 0 Å². The van der Waals surface area contributed by atoms with Crippen molar-refractivity contribution >= 4 is 11.9 Å². The van der Waals surface area contributed by atoms with Gasteiger partial charge in [0.05, 0.1) is 6.61 Å². The van der Waals surface area contributed by atoms with Crippen molar-refractivity contribution in [1.82, 2.24) is 4.90 Å². The Morgan fingerprint density at radius 3 is 1.57 bits per heavy atom. The maximum atomic E-state index is 12.7. The fraction of sp³-hybridized carbons (Fsp3) is 0.952. The Morgan fingerprint density at radius 2 is 1.06 bits per heavy atom. The summed E-state index contributed by atoms with van der Waals surface area (Å²) in [6, 6.07) is -0.234. The molecule has 1 saturated heterocycles. The minimum absolute atomic E-state index is 0.147. The van der Waals surface area contributed by atoms with E-state index in [1.54, 1.807) is 0 Å².